The van der Waals surface area contributed by atoms with Gasteiger partial charge < -0.3 is 15.1 Å². The van der Waals surface area contributed by atoms with Gasteiger partial charge in [-0.3, -0.25) is 4.79 Å². The number of nitrogens with zero attached hydrogens (tertiary/aromatic N) is 1. The van der Waals surface area contributed by atoms with Crippen LogP contribution >= 0.6 is 0 Å². The Labute approximate surface area is 121 Å². The molecule has 21 heavy (non-hydrogen) atoms. The Morgan fingerprint density at radius 2 is 2.14 bits per heavy atom. The molecule has 1 aliphatic rings. The second-order valence-electron chi connectivity index (χ2n) is 5.42. The van der Waals surface area contributed by atoms with Crippen LogP contribution < -0.4 is 5.73 Å². The van der Waals surface area contributed by atoms with Crippen LogP contribution in [0.4, 0.5) is 13.2 Å². The highest BCUT2D eigenvalue weighted by atomic mass is 19.4. The van der Waals surface area contributed by atoms with Crippen molar-refractivity contribution in [2.24, 2.45) is 5.73 Å². The molecular weight excluding hydrogens is 285 g/mol. The summed E-state index contributed by atoms with van der Waals surface area (Å²) in [5.74, 6) is -0.175. The van der Waals surface area contributed by atoms with Crippen molar-refractivity contribution in [3.63, 3.8) is 0 Å². The number of rotatable bonds is 2. The quantitative estimate of drug-likeness (QED) is 0.913. The first-order chi connectivity index (χ1) is 9.74. The van der Waals surface area contributed by atoms with E-state index in [9.17, 15) is 18.0 Å². The summed E-state index contributed by atoms with van der Waals surface area (Å²) >= 11 is 0. The van der Waals surface area contributed by atoms with Crippen LogP contribution in [0.1, 0.15) is 41.6 Å². The number of aryl methyl sites for hydroxylation is 2. The maximum atomic E-state index is 13.1. The summed E-state index contributed by atoms with van der Waals surface area (Å²) in [6.45, 7) is 3.52. The molecule has 0 aromatic carbocycles. The minimum absolute atomic E-state index is 0.0484. The fraction of sp³-hybridized carbons (Fsp3) is 0.643. The molecule has 2 N–H and O–H groups in total. The number of alkyl halides is 3. The highest BCUT2D eigenvalue weighted by Gasteiger charge is 2.48. The molecule has 7 heteroatoms. The third kappa shape index (κ3) is 3.23. The van der Waals surface area contributed by atoms with E-state index in [-0.39, 0.29) is 25.1 Å². The van der Waals surface area contributed by atoms with Gasteiger partial charge >= 0.3 is 6.18 Å². The van der Waals surface area contributed by atoms with Crippen LogP contribution in [0.2, 0.25) is 0 Å². The van der Waals surface area contributed by atoms with Crippen LogP contribution in [0, 0.1) is 6.92 Å². The predicted molar refractivity (Wildman–Crippen MR) is 70.9 cm³/mol. The molecule has 1 aromatic heterocycles. The van der Waals surface area contributed by atoms with Gasteiger partial charge in [0.1, 0.15) is 11.8 Å². The second-order valence-corrected chi connectivity index (χ2v) is 5.42. The molecule has 2 rings (SSSR count). The predicted octanol–water partition coefficient (Wildman–Crippen LogP) is 2.64. The lowest BCUT2D eigenvalue weighted by molar-refractivity contribution is -0.184. The van der Waals surface area contributed by atoms with E-state index < -0.39 is 24.2 Å². The van der Waals surface area contributed by atoms with E-state index in [2.05, 4.69) is 0 Å². The summed E-state index contributed by atoms with van der Waals surface area (Å²) in [5, 5.41) is 0. The molecule has 2 heterocycles. The Morgan fingerprint density at radius 3 is 2.67 bits per heavy atom. The number of hydrogen-bond donors (Lipinski definition) is 1. The Balaban J connectivity index is 2.28. The third-order valence-electron chi connectivity index (χ3n) is 3.81. The summed E-state index contributed by atoms with van der Waals surface area (Å²) < 4.78 is 44.6. The number of furan rings is 1. The van der Waals surface area contributed by atoms with E-state index >= 15 is 0 Å². The molecule has 4 nitrogen and oxygen atoms in total. The highest BCUT2D eigenvalue weighted by molar-refractivity contribution is 5.92. The molecule has 0 radical (unpaired) electrons. The van der Waals surface area contributed by atoms with Crippen LogP contribution in [0.3, 0.4) is 0 Å². The van der Waals surface area contributed by atoms with Crippen molar-refractivity contribution in [3.8, 4) is 0 Å². The third-order valence-corrected chi connectivity index (χ3v) is 3.81. The molecule has 1 fully saturated rings. The SMILES string of the molecule is CCc1oc(C(=O)N2CC(N)CCC2C(F)(F)F)cc1C. The maximum absolute atomic E-state index is 13.1. The Morgan fingerprint density at radius 1 is 1.48 bits per heavy atom. The first-order valence-electron chi connectivity index (χ1n) is 6.96. The minimum Gasteiger partial charge on any atom is -0.456 e. The number of piperidine rings is 1. The number of likely N-dealkylation sites (tertiary alicyclic amines) is 1. The summed E-state index contributed by atoms with van der Waals surface area (Å²) in [4.78, 5) is 13.2. The molecule has 0 bridgehead atoms. The standard InChI is InChI=1S/C14H19F3N2O2/c1-3-10-8(2)6-11(21-10)13(20)19-7-9(18)4-5-12(19)14(15,16)17/h6,9,12H,3-5,7,18H2,1-2H3. The normalized spacial score (nSPS) is 23.4. The fourth-order valence-electron chi connectivity index (χ4n) is 2.68. The zero-order valence-corrected chi connectivity index (χ0v) is 12.0. The van der Waals surface area contributed by atoms with Crippen molar-refractivity contribution in [2.45, 2.75) is 51.4 Å². The van der Waals surface area contributed by atoms with E-state index in [1.54, 1.807) is 6.92 Å². The number of nitrogens with two attached hydrogens (primary N) is 1. The molecule has 0 saturated carbocycles. The van der Waals surface area contributed by atoms with Crippen LogP contribution in [0.25, 0.3) is 0 Å². The Bertz CT molecular complexity index is 525. The first-order valence-corrected chi connectivity index (χ1v) is 6.96. The molecule has 0 aliphatic carbocycles. The van der Waals surface area contributed by atoms with E-state index in [1.165, 1.54) is 6.07 Å². The topological polar surface area (TPSA) is 59.5 Å². The number of amides is 1. The van der Waals surface area contributed by atoms with E-state index in [0.717, 1.165) is 10.5 Å². The number of carbonyl (C=O) groups is 1. The van der Waals surface area contributed by atoms with Crippen molar-refractivity contribution in [2.75, 3.05) is 6.54 Å². The summed E-state index contributed by atoms with van der Waals surface area (Å²) in [5.41, 5.74) is 6.49. The van der Waals surface area contributed by atoms with Gasteiger partial charge in [0.2, 0.25) is 0 Å². The molecule has 1 amide bonds. The molecule has 1 aliphatic heterocycles. The number of hydrogen-bond acceptors (Lipinski definition) is 3. The van der Waals surface area contributed by atoms with Crippen LogP contribution in [0.5, 0.6) is 0 Å². The van der Waals surface area contributed by atoms with Gasteiger partial charge in [-0.2, -0.15) is 13.2 Å². The molecule has 2 unspecified atom stereocenters. The van der Waals surface area contributed by atoms with Gasteiger partial charge in [-0.15, -0.1) is 0 Å². The van der Waals surface area contributed by atoms with Crippen molar-refractivity contribution in [1.82, 2.24) is 4.90 Å². The lowest BCUT2D eigenvalue weighted by Gasteiger charge is -2.38. The lowest BCUT2D eigenvalue weighted by Crippen LogP contribution is -2.56. The molecule has 1 saturated heterocycles. The second kappa shape index (κ2) is 5.71. The van der Waals surface area contributed by atoms with Gasteiger partial charge in [-0.25, -0.2) is 0 Å². The van der Waals surface area contributed by atoms with Crippen molar-refractivity contribution in [3.05, 3.63) is 23.2 Å². The molecule has 118 valence electrons. The minimum atomic E-state index is -4.45. The van der Waals surface area contributed by atoms with Gasteiger partial charge in [-0.1, -0.05) is 6.92 Å². The molecule has 1 aromatic rings. The number of halogens is 3. The molecular formula is C14H19F3N2O2. The highest BCUT2D eigenvalue weighted by Crippen LogP contribution is 2.33. The van der Waals surface area contributed by atoms with Gasteiger partial charge in [0.25, 0.3) is 5.91 Å². The van der Waals surface area contributed by atoms with Crippen molar-refractivity contribution >= 4 is 5.91 Å². The smallest absolute Gasteiger partial charge is 0.408 e. The first kappa shape index (κ1) is 15.9. The van der Waals surface area contributed by atoms with Crippen LogP contribution in [-0.2, 0) is 6.42 Å². The van der Waals surface area contributed by atoms with Crippen LogP contribution in [-0.4, -0.2) is 35.6 Å². The monoisotopic (exact) mass is 304 g/mol. The van der Waals surface area contributed by atoms with Gasteiger partial charge in [0, 0.05) is 19.0 Å². The Hall–Kier alpha value is -1.50. The van der Waals surface area contributed by atoms with E-state index in [0.29, 0.717) is 12.2 Å². The lowest BCUT2D eigenvalue weighted by atomic mass is 9.98. The van der Waals surface area contributed by atoms with E-state index in [4.69, 9.17) is 10.2 Å². The fourth-order valence-corrected chi connectivity index (χ4v) is 2.68. The van der Waals surface area contributed by atoms with Gasteiger partial charge in [0.05, 0.1) is 0 Å². The van der Waals surface area contributed by atoms with Crippen LogP contribution in [0.15, 0.2) is 10.5 Å². The summed E-state index contributed by atoms with van der Waals surface area (Å²) in [6.07, 6.45) is -3.78. The number of carbonyl (C=O) groups excluding carboxylic acids is 1. The average Bonchev–Trinajstić information content (AvgIpc) is 2.77. The zero-order valence-electron chi connectivity index (χ0n) is 12.0. The summed E-state index contributed by atoms with van der Waals surface area (Å²) in [6, 6.07) is -0.733. The Kier molecular flexibility index (Phi) is 4.32. The van der Waals surface area contributed by atoms with Crippen molar-refractivity contribution in [1.29, 1.82) is 0 Å². The maximum Gasteiger partial charge on any atom is 0.408 e. The van der Waals surface area contributed by atoms with Crippen molar-refractivity contribution < 1.29 is 22.4 Å². The molecule has 2 atom stereocenters. The van der Waals surface area contributed by atoms with E-state index in [1.807, 2.05) is 6.92 Å². The largest absolute Gasteiger partial charge is 0.456 e. The molecule has 0 spiro atoms. The summed E-state index contributed by atoms with van der Waals surface area (Å²) in [7, 11) is 0. The van der Waals surface area contributed by atoms with Gasteiger partial charge in [0.15, 0.2) is 5.76 Å². The zero-order chi connectivity index (χ0) is 15.8. The van der Waals surface area contributed by atoms with Gasteiger partial charge in [-0.05, 0) is 31.4 Å². The average molecular weight is 304 g/mol.